The number of nitrogen functional groups attached to an aromatic ring is 1. The molecule has 4 nitrogen and oxygen atoms in total. The van der Waals surface area contributed by atoms with Crippen LogP contribution in [0.15, 0.2) is 40.9 Å². The zero-order valence-corrected chi connectivity index (χ0v) is 12.8. The highest BCUT2D eigenvalue weighted by atomic mass is 79.9. The van der Waals surface area contributed by atoms with E-state index in [1.54, 1.807) is 25.3 Å². The van der Waals surface area contributed by atoms with Crippen molar-refractivity contribution in [3.63, 3.8) is 0 Å². The minimum absolute atomic E-state index is 0.00867. The van der Waals surface area contributed by atoms with Crippen LogP contribution in [0.2, 0.25) is 0 Å². The van der Waals surface area contributed by atoms with Gasteiger partial charge in [-0.2, -0.15) is 0 Å². The summed E-state index contributed by atoms with van der Waals surface area (Å²) in [6, 6.07) is 9.13. The van der Waals surface area contributed by atoms with Crippen molar-refractivity contribution in [2.75, 3.05) is 12.8 Å². The smallest absolute Gasteiger partial charge is 0.338 e. The van der Waals surface area contributed by atoms with Crippen molar-refractivity contribution >= 4 is 27.6 Å². The van der Waals surface area contributed by atoms with Crippen molar-refractivity contribution in [3.05, 3.63) is 57.8 Å². The van der Waals surface area contributed by atoms with Crippen molar-refractivity contribution in [1.29, 1.82) is 0 Å². The quantitative estimate of drug-likeness (QED) is 0.674. The molecule has 0 atom stereocenters. The number of halogens is 2. The van der Waals surface area contributed by atoms with E-state index in [9.17, 15) is 9.18 Å². The average Bonchev–Trinajstić information content (AvgIpc) is 2.47. The number of anilines is 1. The first-order valence-electron chi connectivity index (χ1n) is 6.06. The minimum atomic E-state index is -0.642. The van der Waals surface area contributed by atoms with Crippen LogP contribution in [-0.4, -0.2) is 13.1 Å². The van der Waals surface area contributed by atoms with Gasteiger partial charge in [0.15, 0.2) is 0 Å². The minimum Gasteiger partial charge on any atom is -0.496 e. The number of nitrogens with two attached hydrogens (primary N) is 1. The topological polar surface area (TPSA) is 61.5 Å². The molecule has 0 aliphatic heterocycles. The number of esters is 1. The van der Waals surface area contributed by atoms with E-state index in [0.717, 1.165) is 16.1 Å². The van der Waals surface area contributed by atoms with E-state index in [0.29, 0.717) is 5.75 Å². The Morgan fingerprint density at radius 3 is 2.67 bits per heavy atom. The van der Waals surface area contributed by atoms with Crippen LogP contribution in [0.4, 0.5) is 10.1 Å². The summed E-state index contributed by atoms with van der Waals surface area (Å²) < 4.78 is 24.3. The fourth-order valence-corrected chi connectivity index (χ4v) is 2.27. The maximum Gasteiger partial charge on any atom is 0.338 e. The van der Waals surface area contributed by atoms with Crippen LogP contribution in [0.25, 0.3) is 0 Å². The highest BCUT2D eigenvalue weighted by Crippen LogP contribution is 2.26. The maximum atomic E-state index is 13.3. The molecule has 0 radical (unpaired) electrons. The molecule has 0 unspecified atom stereocenters. The molecule has 0 aliphatic rings. The Labute approximate surface area is 129 Å². The van der Waals surface area contributed by atoms with Gasteiger partial charge in [0.1, 0.15) is 18.2 Å². The summed E-state index contributed by atoms with van der Waals surface area (Å²) in [5.41, 5.74) is 6.25. The van der Waals surface area contributed by atoms with Gasteiger partial charge in [-0.3, -0.25) is 0 Å². The van der Waals surface area contributed by atoms with E-state index >= 15 is 0 Å². The molecule has 2 aromatic rings. The third-order valence-corrected chi connectivity index (χ3v) is 3.44. The van der Waals surface area contributed by atoms with Gasteiger partial charge in [0.2, 0.25) is 0 Å². The SMILES string of the molecule is COc1ccc(COC(=O)c2ccc(N)c(F)c2)cc1Br. The van der Waals surface area contributed by atoms with Gasteiger partial charge in [-0.05, 0) is 51.8 Å². The molecule has 2 aromatic carbocycles. The molecule has 0 amide bonds. The molecule has 0 saturated carbocycles. The summed E-state index contributed by atoms with van der Waals surface area (Å²) in [5, 5.41) is 0. The van der Waals surface area contributed by atoms with Gasteiger partial charge in [0.05, 0.1) is 22.8 Å². The standard InChI is InChI=1S/C15H13BrFNO3/c1-20-14-5-2-9(6-11(14)16)8-21-15(19)10-3-4-13(18)12(17)7-10/h2-7H,8,18H2,1H3. The Hall–Kier alpha value is -2.08. The zero-order valence-electron chi connectivity index (χ0n) is 11.2. The van der Waals surface area contributed by atoms with Crippen molar-refractivity contribution in [3.8, 4) is 5.75 Å². The summed E-state index contributed by atoms with van der Waals surface area (Å²) >= 11 is 3.35. The Morgan fingerprint density at radius 2 is 2.05 bits per heavy atom. The van der Waals surface area contributed by atoms with Gasteiger partial charge >= 0.3 is 5.97 Å². The lowest BCUT2D eigenvalue weighted by atomic mass is 10.2. The van der Waals surface area contributed by atoms with Crippen LogP contribution in [-0.2, 0) is 11.3 Å². The lowest BCUT2D eigenvalue weighted by molar-refractivity contribution is 0.0472. The van der Waals surface area contributed by atoms with E-state index < -0.39 is 11.8 Å². The number of carbonyl (C=O) groups is 1. The third kappa shape index (κ3) is 3.72. The molecule has 0 bridgehead atoms. The summed E-state index contributed by atoms with van der Waals surface area (Å²) in [5.74, 6) is -0.567. The molecule has 0 fully saturated rings. The van der Waals surface area contributed by atoms with Gasteiger partial charge in [0.25, 0.3) is 0 Å². The van der Waals surface area contributed by atoms with Crippen LogP contribution in [0.1, 0.15) is 15.9 Å². The van der Waals surface area contributed by atoms with Crippen molar-refractivity contribution < 1.29 is 18.7 Å². The second-order valence-electron chi connectivity index (χ2n) is 4.28. The first kappa shape index (κ1) is 15.3. The molecule has 0 aliphatic carbocycles. The molecule has 2 N–H and O–H groups in total. The zero-order chi connectivity index (χ0) is 15.4. The molecular formula is C15H13BrFNO3. The molecule has 2 rings (SSSR count). The van der Waals surface area contributed by atoms with Crippen LogP contribution in [0.3, 0.4) is 0 Å². The summed E-state index contributed by atoms with van der Waals surface area (Å²) in [6.45, 7) is 0.0768. The lowest BCUT2D eigenvalue weighted by Crippen LogP contribution is -2.06. The monoisotopic (exact) mass is 353 g/mol. The van der Waals surface area contributed by atoms with E-state index in [2.05, 4.69) is 15.9 Å². The van der Waals surface area contributed by atoms with E-state index in [4.69, 9.17) is 15.2 Å². The molecule has 110 valence electrons. The predicted molar refractivity (Wildman–Crippen MR) is 80.6 cm³/mol. The fraction of sp³-hybridized carbons (Fsp3) is 0.133. The molecule has 0 aromatic heterocycles. The first-order valence-corrected chi connectivity index (χ1v) is 6.85. The third-order valence-electron chi connectivity index (χ3n) is 2.82. The van der Waals surface area contributed by atoms with Crippen LogP contribution in [0, 0.1) is 5.82 Å². The van der Waals surface area contributed by atoms with Crippen molar-refractivity contribution in [1.82, 2.24) is 0 Å². The van der Waals surface area contributed by atoms with Crippen LogP contribution < -0.4 is 10.5 Å². The molecule has 0 saturated heterocycles. The highest BCUT2D eigenvalue weighted by molar-refractivity contribution is 9.10. The summed E-state index contributed by atoms with van der Waals surface area (Å²) in [4.78, 5) is 11.8. The predicted octanol–water partition coefficient (Wildman–Crippen LogP) is 3.54. The first-order chi connectivity index (χ1) is 10.0. The largest absolute Gasteiger partial charge is 0.496 e. The average molecular weight is 354 g/mol. The molecule has 21 heavy (non-hydrogen) atoms. The summed E-state index contributed by atoms with van der Waals surface area (Å²) in [6.07, 6.45) is 0. The second-order valence-corrected chi connectivity index (χ2v) is 5.14. The Kier molecular flexibility index (Phi) is 4.80. The van der Waals surface area contributed by atoms with E-state index in [1.165, 1.54) is 12.1 Å². The van der Waals surface area contributed by atoms with Gasteiger partial charge in [-0.25, -0.2) is 9.18 Å². The number of hydrogen-bond donors (Lipinski definition) is 1. The molecule has 6 heteroatoms. The molecule has 0 heterocycles. The number of methoxy groups -OCH3 is 1. The van der Waals surface area contributed by atoms with Gasteiger partial charge in [-0.15, -0.1) is 0 Å². The maximum absolute atomic E-state index is 13.3. The van der Waals surface area contributed by atoms with E-state index in [1.807, 2.05) is 0 Å². The summed E-state index contributed by atoms with van der Waals surface area (Å²) in [7, 11) is 1.56. The Bertz CT molecular complexity index is 676. The fourth-order valence-electron chi connectivity index (χ4n) is 1.69. The van der Waals surface area contributed by atoms with Crippen molar-refractivity contribution in [2.45, 2.75) is 6.61 Å². The number of ether oxygens (including phenoxy) is 2. The van der Waals surface area contributed by atoms with Gasteiger partial charge < -0.3 is 15.2 Å². The molecular weight excluding hydrogens is 341 g/mol. The number of hydrogen-bond acceptors (Lipinski definition) is 4. The second kappa shape index (κ2) is 6.58. The van der Waals surface area contributed by atoms with E-state index in [-0.39, 0.29) is 17.9 Å². The van der Waals surface area contributed by atoms with Gasteiger partial charge in [-0.1, -0.05) is 6.07 Å². The molecule has 0 spiro atoms. The normalized spacial score (nSPS) is 10.2. The highest BCUT2D eigenvalue weighted by Gasteiger charge is 2.10. The number of rotatable bonds is 4. The lowest BCUT2D eigenvalue weighted by Gasteiger charge is -2.08. The Morgan fingerprint density at radius 1 is 1.29 bits per heavy atom. The number of carbonyl (C=O) groups excluding carboxylic acids is 1. The van der Waals surface area contributed by atoms with Crippen LogP contribution >= 0.6 is 15.9 Å². The Balaban J connectivity index is 2.03. The van der Waals surface area contributed by atoms with Gasteiger partial charge in [0, 0.05) is 0 Å². The van der Waals surface area contributed by atoms with Crippen molar-refractivity contribution in [2.24, 2.45) is 0 Å². The van der Waals surface area contributed by atoms with Crippen LogP contribution in [0.5, 0.6) is 5.75 Å². The number of benzene rings is 2.